The van der Waals surface area contributed by atoms with Crippen molar-refractivity contribution in [2.75, 3.05) is 0 Å². The molecule has 1 aliphatic rings. The highest BCUT2D eigenvalue weighted by Gasteiger charge is 2.29. The first kappa shape index (κ1) is 12.9. The van der Waals surface area contributed by atoms with E-state index in [1.54, 1.807) is 24.3 Å². The molecule has 0 amide bonds. The van der Waals surface area contributed by atoms with E-state index in [-0.39, 0.29) is 17.1 Å². The summed E-state index contributed by atoms with van der Waals surface area (Å²) in [4.78, 5) is 19.3. The molecule has 0 unspecified atom stereocenters. The first-order valence-corrected chi connectivity index (χ1v) is 6.59. The molecule has 23 heavy (non-hydrogen) atoms. The van der Waals surface area contributed by atoms with Gasteiger partial charge in [0.2, 0.25) is 0 Å². The fourth-order valence-corrected chi connectivity index (χ4v) is 2.91. The number of nitrogens with zero attached hydrogens (tertiary/aromatic N) is 5. The number of nitriles is 2. The quantitative estimate of drug-likeness (QED) is 0.394. The zero-order valence-electron chi connectivity index (χ0n) is 11.4. The summed E-state index contributed by atoms with van der Waals surface area (Å²) in [7, 11) is 0. The molecule has 0 spiro atoms. The van der Waals surface area contributed by atoms with Crippen LogP contribution in [-0.4, -0.2) is 14.9 Å². The van der Waals surface area contributed by atoms with Gasteiger partial charge in [-0.2, -0.15) is 10.5 Å². The number of hydrogen-bond acceptors (Lipinski definition) is 6. The Morgan fingerprint density at radius 1 is 0.957 bits per heavy atom. The Morgan fingerprint density at radius 3 is 2.13 bits per heavy atom. The maximum absolute atomic E-state index is 11.2. The van der Waals surface area contributed by atoms with Crippen LogP contribution in [0.4, 0.5) is 5.69 Å². The highest BCUT2D eigenvalue weighted by atomic mass is 16.6. The lowest BCUT2D eigenvalue weighted by atomic mass is 10.0. The molecule has 0 saturated carbocycles. The predicted molar refractivity (Wildman–Crippen MR) is 80.1 cm³/mol. The minimum Gasteiger partial charge on any atom is -0.258 e. The monoisotopic (exact) mass is 299 g/mol. The Bertz CT molecular complexity index is 1070. The van der Waals surface area contributed by atoms with Crippen molar-refractivity contribution in [3.63, 3.8) is 0 Å². The largest absolute Gasteiger partial charge is 0.277 e. The molecule has 1 aromatic heterocycles. The van der Waals surface area contributed by atoms with E-state index in [9.17, 15) is 10.1 Å². The maximum atomic E-state index is 11.2. The molecular weight excluding hydrogens is 294 g/mol. The van der Waals surface area contributed by atoms with E-state index in [4.69, 9.17) is 10.5 Å². The van der Waals surface area contributed by atoms with Gasteiger partial charge in [-0.15, -0.1) is 0 Å². The molecule has 3 aromatic rings. The van der Waals surface area contributed by atoms with E-state index in [1.807, 2.05) is 12.1 Å². The van der Waals surface area contributed by atoms with Gasteiger partial charge < -0.3 is 0 Å². The van der Waals surface area contributed by atoms with Gasteiger partial charge in [0.25, 0.3) is 5.69 Å². The van der Waals surface area contributed by atoms with Crippen molar-refractivity contribution >= 4 is 16.5 Å². The molecule has 106 valence electrons. The Balaban J connectivity index is 2.17. The van der Waals surface area contributed by atoms with Gasteiger partial charge in [0.1, 0.15) is 12.1 Å². The van der Waals surface area contributed by atoms with Crippen molar-refractivity contribution in [1.29, 1.82) is 10.5 Å². The average molecular weight is 299 g/mol. The van der Waals surface area contributed by atoms with Gasteiger partial charge in [-0.05, 0) is 12.1 Å². The van der Waals surface area contributed by atoms with Crippen molar-refractivity contribution in [3.8, 4) is 34.7 Å². The summed E-state index contributed by atoms with van der Waals surface area (Å²) in [5.74, 6) is 0. The molecule has 1 aliphatic carbocycles. The molecule has 0 N–H and O–H groups in total. The topological polar surface area (TPSA) is 116 Å². The Labute approximate surface area is 129 Å². The first-order valence-electron chi connectivity index (χ1n) is 6.59. The second-order valence-corrected chi connectivity index (χ2v) is 4.96. The zero-order chi connectivity index (χ0) is 16.1. The van der Waals surface area contributed by atoms with E-state index in [2.05, 4.69) is 9.97 Å². The normalized spacial score (nSPS) is 10.9. The van der Waals surface area contributed by atoms with Gasteiger partial charge in [0.15, 0.2) is 11.4 Å². The Morgan fingerprint density at radius 2 is 1.57 bits per heavy atom. The molecule has 0 saturated heterocycles. The molecule has 4 rings (SSSR count). The van der Waals surface area contributed by atoms with Crippen LogP contribution < -0.4 is 0 Å². The third kappa shape index (κ3) is 1.56. The van der Waals surface area contributed by atoms with Crippen LogP contribution in [0.3, 0.4) is 0 Å². The second-order valence-electron chi connectivity index (χ2n) is 4.96. The predicted octanol–water partition coefficient (Wildman–Crippen LogP) is 2.93. The summed E-state index contributed by atoms with van der Waals surface area (Å²) in [6, 6.07) is 11.9. The van der Waals surface area contributed by atoms with Crippen LogP contribution in [0.2, 0.25) is 0 Å². The molecule has 0 aliphatic heterocycles. The van der Waals surface area contributed by atoms with Gasteiger partial charge in [-0.3, -0.25) is 10.1 Å². The zero-order valence-corrected chi connectivity index (χ0v) is 11.4. The number of fused-ring (bicyclic) bond motifs is 3. The lowest BCUT2D eigenvalue weighted by molar-refractivity contribution is -0.383. The van der Waals surface area contributed by atoms with E-state index >= 15 is 0 Å². The van der Waals surface area contributed by atoms with Gasteiger partial charge in [-0.25, -0.2) is 9.97 Å². The molecule has 0 fully saturated rings. The summed E-state index contributed by atoms with van der Waals surface area (Å²) in [5.41, 5.74) is 2.22. The highest BCUT2D eigenvalue weighted by Crippen LogP contribution is 2.47. The SMILES string of the molecule is N#Cc1nc2c(nc1C#N)-c1ccc([N+](=O)[O-])c3cccc-2c13. The molecule has 1 heterocycles. The van der Waals surface area contributed by atoms with Crippen LogP contribution in [-0.2, 0) is 0 Å². The second kappa shape index (κ2) is 4.33. The molecule has 7 nitrogen and oxygen atoms in total. The number of nitro benzene ring substituents is 1. The molecule has 7 heteroatoms. The summed E-state index contributed by atoms with van der Waals surface area (Å²) in [6.45, 7) is 0. The fraction of sp³-hybridized carbons (Fsp3) is 0. The van der Waals surface area contributed by atoms with Crippen LogP contribution in [0, 0.1) is 32.8 Å². The van der Waals surface area contributed by atoms with Gasteiger partial charge >= 0.3 is 0 Å². The minimum absolute atomic E-state index is 0.000538. The van der Waals surface area contributed by atoms with Crippen LogP contribution in [0.5, 0.6) is 0 Å². The summed E-state index contributed by atoms with van der Waals surface area (Å²) >= 11 is 0. The number of rotatable bonds is 1. The third-order valence-electron chi connectivity index (χ3n) is 3.83. The maximum Gasteiger partial charge on any atom is 0.277 e. The van der Waals surface area contributed by atoms with Crippen LogP contribution >= 0.6 is 0 Å². The summed E-state index contributed by atoms with van der Waals surface area (Å²) in [5, 5.41) is 30.6. The third-order valence-corrected chi connectivity index (χ3v) is 3.83. The summed E-state index contributed by atoms with van der Waals surface area (Å²) in [6.07, 6.45) is 0. The van der Waals surface area contributed by atoms with Crippen molar-refractivity contribution in [2.45, 2.75) is 0 Å². The Hall–Kier alpha value is -3.84. The van der Waals surface area contributed by atoms with Gasteiger partial charge in [-0.1, -0.05) is 12.1 Å². The van der Waals surface area contributed by atoms with Gasteiger partial charge in [0, 0.05) is 22.6 Å². The van der Waals surface area contributed by atoms with E-state index < -0.39 is 4.92 Å². The van der Waals surface area contributed by atoms with Crippen molar-refractivity contribution < 1.29 is 4.92 Å². The standard InChI is InChI=1S/C16H5N5O2/c17-6-11-12(7-18)20-16-10-4-5-13(21(22)23)8-2-1-3-9(14(8)10)15(16)19-11/h1-5H. The Kier molecular flexibility index (Phi) is 2.42. The number of benzene rings is 2. The summed E-state index contributed by atoms with van der Waals surface area (Å²) < 4.78 is 0. The van der Waals surface area contributed by atoms with Crippen molar-refractivity contribution in [1.82, 2.24) is 9.97 Å². The number of non-ortho nitro benzene ring substituents is 1. The van der Waals surface area contributed by atoms with E-state index in [1.165, 1.54) is 6.07 Å². The van der Waals surface area contributed by atoms with Crippen LogP contribution in [0.15, 0.2) is 30.3 Å². The van der Waals surface area contributed by atoms with Crippen molar-refractivity contribution in [3.05, 3.63) is 51.8 Å². The smallest absolute Gasteiger partial charge is 0.258 e. The van der Waals surface area contributed by atoms with Crippen LogP contribution in [0.1, 0.15) is 11.4 Å². The van der Waals surface area contributed by atoms with E-state index in [0.717, 1.165) is 0 Å². The van der Waals surface area contributed by atoms with E-state index in [0.29, 0.717) is 33.3 Å². The number of hydrogen-bond donors (Lipinski definition) is 0. The molecule has 0 bridgehead atoms. The molecule has 0 radical (unpaired) electrons. The minimum atomic E-state index is -0.436. The molecule has 2 aromatic carbocycles. The fourth-order valence-electron chi connectivity index (χ4n) is 2.91. The first-order chi connectivity index (χ1) is 11.2. The van der Waals surface area contributed by atoms with Gasteiger partial charge in [0.05, 0.1) is 21.7 Å². The molecular formula is C16H5N5O2. The highest BCUT2D eigenvalue weighted by molar-refractivity contribution is 6.15. The lowest BCUT2D eigenvalue weighted by Gasteiger charge is -2.02. The lowest BCUT2D eigenvalue weighted by Crippen LogP contribution is -1.97. The van der Waals surface area contributed by atoms with Crippen molar-refractivity contribution in [2.24, 2.45) is 0 Å². The number of nitro groups is 1. The van der Waals surface area contributed by atoms with Crippen LogP contribution in [0.25, 0.3) is 33.3 Å². The number of aromatic nitrogens is 2. The average Bonchev–Trinajstić information content (AvgIpc) is 2.89. The molecule has 0 atom stereocenters.